The molecule has 3 rings (SSSR count). The van der Waals surface area contributed by atoms with Gasteiger partial charge in [-0.25, -0.2) is 0 Å². The molecule has 3 aromatic rings. The van der Waals surface area contributed by atoms with E-state index >= 15 is 0 Å². The largest absolute Gasteiger partial charge is 0.573 e. The Morgan fingerprint density at radius 1 is 0.958 bits per heavy atom. The molecule has 1 aromatic heterocycles. The van der Waals surface area contributed by atoms with Gasteiger partial charge < -0.3 is 14.5 Å². The molecule has 0 amide bonds. The Kier molecular flexibility index (Phi) is 3.92. The number of hydrogen-bond acceptors (Lipinski definition) is 3. The van der Waals surface area contributed by atoms with Crippen molar-refractivity contribution in [3.05, 3.63) is 58.9 Å². The van der Waals surface area contributed by atoms with Gasteiger partial charge >= 0.3 is 6.36 Å². The van der Waals surface area contributed by atoms with Crippen LogP contribution in [0.5, 0.6) is 11.5 Å². The third-order valence-corrected chi connectivity index (χ3v) is 3.45. The number of methoxy groups -OCH3 is 1. The minimum atomic E-state index is -4.74. The van der Waals surface area contributed by atoms with Gasteiger partial charge in [-0.05, 0) is 59.5 Å². The zero-order valence-electron chi connectivity index (χ0n) is 12.5. The number of fused-ring (bicyclic) bond motifs is 1. The molecule has 0 saturated heterocycles. The Hall–Kier alpha value is -2.96. The van der Waals surface area contributed by atoms with E-state index in [-0.39, 0.29) is 11.3 Å². The highest BCUT2D eigenvalue weighted by molar-refractivity contribution is 5.86. The lowest BCUT2D eigenvalue weighted by Crippen LogP contribution is -2.17. The van der Waals surface area contributed by atoms with Crippen molar-refractivity contribution in [2.24, 2.45) is 0 Å². The van der Waals surface area contributed by atoms with E-state index in [2.05, 4.69) is 9.72 Å². The number of pyridine rings is 1. The van der Waals surface area contributed by atoms with Gasteiger partial charge in [0.25, 0.3) is 5.56 Å². The zero-order valence-corrected chi connectivity index (χ0v) is 12.5. The van der Waals surface area contributed by atoms with Crippen LogP contribution < -0.4 is 15.0 Å². The lowest BCUT2D eigenvalue weighted by Gasteiger charge is -2.10. The van der Waals surface area contributed by atoms with Crippen LogP contribution in [0.3, 0.4) is 0 Å². The number of aromatic nitrogens is 1. The molecule has 0 fully saturated rings. The Bertz CT molecular complexity index is 930. The van der Waals surface area contributed by atoms with E-state index in [0.717, 1.165) is 0 Å². The van der Waals surface area contributed by atoms with E-state index in [1.54, 1.807) is 24.3 Å². The van der Waals surface area contributed by atoms with Crippen LogP contribution in [0.1, 0.15) is 0 Å². The Balaban J connectivity index is 2.01. The van der Waals surface area contributed by atoms with Gasteiger partial charge in [-0.2, -0.15) is 0 Å². The fourth-order valence-corrected chi connectivity index (χ4v) is 2.37. The summed E-state index contributed by atoms with van der Waals surface area (Å²) in [6.45, 7) is 0. The molecule has 0 aliphatic heterocycles. The second-order valence-corrected chi connectivity index (χ2v) is 5.04. The first-order chi connectivity index (χ1) is 11.4. The summed E-state index contributed by atoms with van der Waals surface area (Å²) in [5, 5.41) is 1.17. The van der Waals surface area contributed by atoms with Crippen LogP contribution in [-0.2, 0) is 0 Å². The van der Waals surface area contributed by atoms with Crippen molar-refractivity contribution in [1.29, 1.82) is 0 Å². The minimum absolute atomic E-state index is 0.291. The number of aromatic amines is 1. The Morgan fingerprint density at radius 3 is 2.25 bits per heavy atom. The van der Waals surface area contributed by atoms with Crippen molar-refractivity contribution in [3.8, 4) is 22.8 Å². The van der Waals surface area contributed by atoms with Crippen molar-refractivity contribution in [2.45, 2.75) is 6.36 Å². The fourth-order valence-electron chi connectivity index (χ4n) is 2.37. The quantitative estimate of drug-likeness (QED) is 0.784. The second-order valence-electron chi connectivity index (χ2n) is 5.04. The van der Waals surface area contributed by atoms with E-state index in [4.69, 9.17) is 4.74 Å². The number of H-pyrrole nitrogens is 1. The normalized spacial score (nSPS) is 11.5. The first kappa shape index (κ1) is 15.9. The molecular weight excluding hydrogens is 323 g/mol. The van der Waals surface area contributed by atoms with Crippen molar-refractivity contribution in [2.75, 3.05) is 7.11 Å². The van der Waals surface area contributed by atoms with Gasteiger partial charge in [0, 0.05) is 11.1 Å². The Labute approximate surface area is 134 Å². The van der Waals surface area contributed by atoms with Gasteiger partial charge in [0.2, 0.25) is 0 Å². The van der Waals surface area contributed by atoms with Gasteiger partial charge in [-0.3, -0.25) is 4.79 Å². The van der Waals surface area contributed by atoms with Crippen LogP contribution in [0.25, 0.3) is 22.0 Å². The molecule has 2 aromatic carbocycles. The van der Waals surface area contributed by atoms with E-state index < -0.39 is 6.36 Å². The summed E-state index contributed by atoms with van der Waals surface area (Å²) >= 11 is 0. The number of benzene rings is 2. The van der Waals surface area contributed by atoms with Gasteiger partial charge in [0.15, 0.2) is 0 Å². The van der Waals surface area contributed by atoms with Gasteiger partial charge in [0.1, 0.15) is 11.5 Å². The van der Waals surface area contributed by atoms with E-state index in [1.165, 1.54) is 31.4 Å². The lowest BCUT2D eigenvalue weighted by molar-refractivity contribution is -0.274. The van der Waals surface area contributed by atoms with Crippen molar-refractivity contribution in [1.82, 2.24) is 4.98 Å². The third kappa shape index (κ3) is 3.34. The summed E-state index contributed by atoms with van der Waals surface area (Å²) in [7, 11) is 1.52. The molecule has 0 radical (unpaired) electrons. The molecule has 7 heteroatoms. The van der Waals surface area contributed by atoms with Crippen molar-refractivity contribution < 1.29 is 22.6 Å². The lowest BCUT2D eigenvalue weighted by atomic mass is 10.1. The van der Waals surface area contributed by atoms with Crippen LogP contribution in [0, 0.1) is 0 Å². The average molecular weight is 335 g/mol. The van der Waals surface area contributed by atoms with Crippen LogP contribution in [-0.4, -0.2) is 18.5 Å². The highest BCUT2D eigenvalue weighted by Crippen LogP contribution is 2.27. The highest BCUT2D eigenvalue weighted by Gasteiger charge is 2.30. The topological polar surface area (TPSA) is 51.3 Å². The van der Waals surface area contributed by atoms with Gasteiger partial charge in [-0.1, -0.05) is 0 Å². The first-order valence-electron chi connectivity index (χ1n) is 6.93. The number of hydrogen-bond donors (Lipinski definition) is 1. The first-order valence-corrected chi connectivity index (χ1v) is 6.93. The maximum Gasteiger partial charge on any atom is 0.573 e. The molecule has 0 saturated carbocycles. The molecule has 0 aliphatic rings. The minimum Gasteiger partial charge on any atom is -0.497 e. The van der Waals surface area contributed by atoms with Gasteiger partial charge in [0.05, 0.1) is 7.11 Å². The van der Waals surface area contributed by atoms with Crippen LogP contribution in [0.2, 0.25) is 0 Å². The van der Waals surface area contributed by atoms with Crippen LogP contribution in [0.4, 0.5) is 13.2 Å². The summed E-state index contributed by atoms with van der Waals surface area (Å²) in [5.41, 5.74) is 0.756. The average Bonchev–Trinajstić information content (AvgIpc) is 2.53. The number of nitrogens with one attached hydrogen (secondary N) is 1. The molecule has 4 nitrogen and oxygen atoms in total. The van der Waals surface area contributed by atoms with E-state index in [1.807, 2.05) is 0 Å². The monoisotopic (exact) mass is 335 g/mol. The maximum atomic E-state index is 12.2. The summed E-state index contributed by atoms with van der Waals surface area (Å²) in [6, 6.07) is 12.1. The maximum absolute atomic E-state index is 12.2. The zero-order chi connectivity index (χ0) is 17.3. The highest BCUT2D eigenvalue weighted by atomic mass is 19.4. The van der Waals surface area contributed by atoms with Crippen molar-refractivity contribution in [3.63, 3.8) is 0 Å². The Morgan fingerprint density at radius 2 is 1.62 bits per heavy atom. The van der Waals surface area contributed by atoms with Crippen molar-refractivity contribution >= 4 is 10.8 Å². The van der Waals surface area contributed by atoms with Crippen LogP contribution in [0.15, 0.2) is 53.3 Å². The predicted octanol–water partition coefficient (Wildman–Crippen LogP) is 4.10. The van der Waals surface area contributed by atoms with E-state index in [9.17, 15) is 18.0 Å². The number of ether oxygens (including phenoxy) is 2. The molecule has 124 valence electrons. The molecular formula is C17H12F3NO3. The smallest absolute Gasteiger partial charge is 0.497 e. The SMILES string of the molecule is COc1ccc2c(=O)[nH]c(-c3ccc(OC(F)(F)F)cc3)cc2c1. The fraction of sp³-hybridized carbons (Fsp3) is 0.118. The molecule has 0 aliphatic carbocycles. The number of alkyl halides is 3. The molecule has 0 spiro atoms. The second kappa shape index (κ2) is 5.92. The molecule has 0 bridgehead atoms. The summed E-state index contributed by atoms with van der Waals surface area (Å²) in [4.78, 5) is 14.9. The summed E-state index contributed by atoms with van der Waals surface area (Å²) in [6.07, 6.45) is -4.74. The molecule has 1 N–H and O–H groups in total. The number of rotatable bonds is 3. The third-order valence-electron chi connectivity index (χ3n) is 3.45. The van der Waals surface area contributed by atoms with E-state index in [0.29, 0.717) is 27.8 Å². The molecule has 0 unspecified atom stereocenters. The van der Waals surface area contributed by atoms with Crippen LogP contribution >= 0.6 is 0 Å². The van der Waals surface area contributed by atoms with Gasteiger partial charge in [-0.15, -0.1) is 13.2 Å². The molecule has 24 heavy (non-hydrogen) atoms. The summed E-state index contributed by atoms with van der Waals surface area (Å²) < 4.78 is 45.5. The predicted molar refractivity (Wildman–Crippen MR) is 83.2 cm³/mol. The molecule has 0 atom stereocenters. The molecule has 1 heterocycles. The summed E-state index contributed by atoms with van der Waals surface area (Å²) in [5.74, 6) is 0.282. The number of halogens is 3. The standard InChI is InChI=1S/C17H12F3NO3/c1-23-13-6-7-14-11(8-13)9-15(21-16(14)22)10-2-4-12(5-3-10)24-17(18,19)20/h2-9H,1H3,(H,21,22).